The van der Waals surface area contributed by atoms with Gasteiger partial charge in [-0.2, -0.15) is 0 Å². The zero-order valence-electron chi connectivity index (χ0n) is 20.2. The van der Waals surface area contributed by atoms with Crippen LogP contribution >= 0.6 is 0 Å². The number of benzene rings is 2. The van der Waals surface area contributed by atoms with E-state index in [1.165, 1.54) is 12.0 Å². The number of ether oxygens (including phenoxy) is 1. The predicted molar refractivity (Wildman–Crippen MR) is 132 cm³/mol. The van der Waals surface area contributed by atoms with Crippen molar-refractivity contribution < 1.29 is 24.2 Å². The van der Waals surface area contributed by atoms with Gasteiger partial charge in [-0.05, 0) is 67.1 Å². The number of amides is 3. The molecule has 1 unspecified atom stereocenters. The number of hydrogen-bond acceptors (Lipinski definition) is 6. The number of imide groups is 1. The molecule has 2 N–H and O–H groups in total. The second-order valence-electron chi connectivity index (χ2n) is 10.5. The molecule has 3 fully saturated rings. The third kappa shape index (κ3) is 4.23. The molecule has 3 aliphatic heterocycles. The van der Waals surface area contributed by atoms with E-state index in [1.807, 2.05) is 24.3 Å². The first-order valence-electron chi connectivity index (χ1n) is 12.9. The van der Waals surface area contributed by atoms with Crippen LogP contribution in [0.5, 0.6) is 11.5 Å². The molecule has 1 saturated carbocycles. The van der Waals surface area contributed by atoms with Crippen molar-refractivity contribution in [1.29, 1.82) is 0 Å². The van der Waals surface area contributed by atoms with Crippen molar-refractivity contribution in [2.45, 2.75) is 69.2 Å². The van der Waals surface area contributed by atoms with Crippen LogP contribution in [0.1, 0.15) is 65.9 Å². The van der Waals surface area contributed by atoms with Gasteiger partial charge in [0.15, 0.2) is 0 Å². The summed E-state index contributed by atoms with van der Waals surface area (Å²) in [6.45, 7) is 2.28. The van der Waals surface area contributed by atoms with Crippen molar-refractivity contribution in [3.63, 3.8) is 0 Å². The number of hydrogen-bond donors (Lipinski definition) is 2. The molecule has 6 rings (SSSR count). The van der Waals surface area contributed by atoms with Gasteiger partial charge in [0.2, 0.25) is 11.8 Å². The highest BCUT2D eigenvalue weighted by Gasteiger charge is 2.41. The van der Waals surface area contributed by atoms with Crippen molar-refractivity contribution in [1.82, 2.24) is 15.1 Å². The van der Waals surface area contributed by atoms with Gasteiger partial charge in [-0.3, -0.25) is 24.6 Å². The maximum absolute atomic E-state index is 13.0. The number of carbonyl (C=O) groups excluding carboxylic acids is 3. The average Bonchev–Trinajstić information content (AvgIpc) is 3.15. The number of likely N-dealkylation sites (tertiary alicyclic amines) is 1. The number of carbonyl (C=O) groups is 3. The zero-order valence-corrected chi connectivity index (χ0v) is 20.2. The van der Waals surface area contributed by atoms with Crippen LogP contribution in [0.3, 0.4) is 0 Å². The van der Waals surface area contributed by atoms with Gasteiger partial charge in [-0.15, -0.1) is 0 Å². The lowest BCUT2D eigenvalue weighted by Crippen LogP contribution is -2.57. The van der Waals surface area contributed by atoms with Crippen molar-refractivity contribution in [3.8, 4) is 11.5 Å². The van der Waals surface area contributed by atoms with Gasteiger partial charge >= 0.3 is 0 Å². The van der Waals surface area contributed by atoms with Crippen LogP contribution in [0, 0.1) is 0 Å². The topological polar surface area (TPSA) is 99.2 Å². The van der Waals surface area contributed by atoms with Crippen LogP contribution in [0.15, 0.2) is 42.5 Å². The largest absolute Gasteiger partial charge is 0.508 e. The molecule has 0 spiro atoms. The van der Waals surface area contributed by atoms with Crippen LogP contribution in [-0.4, -0.2) is 63.9 Å². The van der Waals surface area contributed by atoms with Crippen LogP contribution < -0.4 is 10.1 Å². The number of aromatic hydroxyl groups is 1. The third-order valence-corrected chi connectivity index (χ3v) is 8.17. The Balaban J connectivity index is 1.12. The number of phenols is 1. The first-order chi connectivity index (χ1) is 17.5. The molecule has 8 nitrogen and oxygen atoms in total. The number of nitrogens with zero attached hydrogens (tertiary/aromatic N) is 2. The van der Waals surface area contributed by atoms with Crippen molar-refractivity contribution in [2.24, 2.45) is 0 Å². The smallest absolute Gasteiger partial charge is 0.255 e. The van der Waals surface area contributed by atoms with Crippen LogP contribution in [0.4, 0.5) is 0 Å². The van der Waals surface area contributed by atoms with Gasteiger partial charge in [-0.25, -0.2) is 0 Å². The molecule has 3 heterocycles. The molecular weight excluding hydrogens is 458 g/mol. The molecule has 188 valence electrons. The summed E-state index contributed by atoms with van der Waals surface area (Å²) in [5.74, 6) is 0.662. The van der Waals surface area contributed by atoms with E-state index in [-0.39, 0.29) is 24.3 Å². The van der Waals surface area contributed by atoms with Gasteiger partial charge in [0.1, 0.15) is 23.6 Å². The summed E-state index contributed by atoms with van der Waals surface area (Å²) in [7, 11) is 0. The summed E-state index contributed by atoms with van der Waals surface area (Å²) in [4.78, 5) is 40.9. The Hall–Kier alpha value is -3.39. The minimum absolute atomic E-state index is 0.0882. The maximum Gasteiger partial charge on any atom is 0.255 e. The number of fused-ring (bicyclic) bond motifs is 1. The minimum atomic E-state index is -0.611. The van der Waals surface area contributed by atoms with Crippen LogP contribution in [0.25, 0.3) is 0 Å². The van der Waals surface area contributed by atoms with E-state index in [0.717, 1.165) is 43.7 Å². The van der Waals surface area contributed by atoms with Gasteiger partial charge in [0.25, 0.3) is 5.91 Å². The number of phenolic OH excluding ortho intramolecular Hbond substituents is 1. The van der Waals surface area contributed by atoms with Crippen molar-refractivity contribution in [3.05, 3.63) is 59.2 Å². The Kier molecular flexibility index (Phi) is 5.91. The molecule has 0 bridgehead atoms. The summed E-state index contributed by atoms with van der Waals surface area (Å²) >= 11 is 0. The lowest BCUT2D eigenvalue weighted by atomic mass is 9.84. The van der Waals surface area contributed by atoms with Crippen LogP contribution in [-0.2, 0) is 16.1 Å². The van der Waals surface area contributed by atoms with E-state index >= 15 is 0 Å². The average molecular weight is 490 g/mol. The summed E-state index contributed by atoms with van der Waals surface area (Å²) in [6, 6.07) is 12.9. The molecule has 8 heteroatoms. The number of piperidine rings is 1. The fourth-order valence-corrected chi connectivity index (χ4v) is 6.20. The first kappa shape index (κ1) is 23.0. The van der Waals surface area contributed by atoms with Crippen molar-refractivity contribution >= 4 is 17.7 Å². The third-order valence-electron chi connectivity index (χ3n) is 8.17. The molecule has 4 aliphatic rings. The van der Waals surface area contributed by atoms with E-state index in [0.29, 0.717) is 36.2 Å². The Labute approximate surface area is 210 Å². The summed E-state index contributed by atoms with van der Waals surface area (Å²) < 4.78 is 6.53. The lowest BCUT2D eigenvalue weighted by Gasteiger charge is -2.48. The fourth-order valence-electron chi connectivity index (χ4n) is 6.20. The highest BCUT2D eigenvalue weighted by Crippen LogP contribution is 2.37. The van der Waals surface area contributed by atoms with Gasteiger partial charge in [0, 0.05) is 43.6 Å². The summed E-state index contributed by atoms with van der Waals surface area (Å²) in [6.07, 6.45) is 5.12. The van der Waals surface area contributed by atoms with E-state index in [2.05, 4.69) is 16.3 Å². The summed E-state index contributed by atoms with van der Waals surface area (Å²) in [5, 5.41) is 12.2. The van der Waals surface area contributed by atoms with Crippen LogP contribution in [0.2, 0.25) is 0 Å². The molecule has 36 heavy (non-hydrogen) atoms. The second-order valence-corrected chi connectivity index (χ2v) is 10.5. The van der Waals surface area contributed by atoms with Gasteiger partial charge in [0.05, 0.1) is 0 Å². The van der Waals surface area contributed by atoms with E-state index in [1.54, 1.807) is 17.0 Å². The Morgan fingerprint density at radius 3 is 2.61 bits per heavy atom. The van der Waals surface area contributed by atoms with E-state index in [4.69, 9.17) is 4.74 Å². The highest BCUT2D eigenvalue weighted by molar-refractivity contribution is 6.05. The quantitative estimate of drug-likeness (QED) is 0.627. The predicted octanol–water partition coefficient (Wildman–Crippen LogP) is 2.94. The normalized spacial score (nSPS) is 26.9. The molecular formula is C28H31N3O5. The van der Waals surface area contributed by atoms with Crippen molar-refractivity contribution in [2.75, 3.05) is 13.1 Å². The maximum atomic E-state index is 13.0. The highest BCUT2D eigenvalue weighted by atomic mass is 16.5. The molecule has 3 atom stereocenters. The molecule has 2 saturated heterocycles. The fraction of sp³-hybridized carbons (Fsp3) is 0.464. The van der Waals surface area contributed by atoms with E-state index in [9.17, 15) is 19.5 Å². The first-order valence-corrected chi connectivity index (χ1v) is 12.9. The lowest BCUT2D eigenvalue weighted by molar-refractivity contribution is -0.136. The Morgan fingerprint density at radius 2 is 1.81 bits per heavy atom. The van der Waals surface area contributed by atoms with E-state index < -0.39 is 11.9 Å². The standard InChI is InChI=1S/C28H31N3O5/c32-20-5-3-4-17(12-20)19-14-30(15-19)23-6-1-2-7-25(23)36-21-8-9-22-18(13-21)16-31(28(22)35)24-10-11-26(33)29-27(24)34/h3-5,8-9,12-13,19,23-25,32H,1-2,6-7,10-11,14-16H2,(H,29,33,34)/t23-,24?,25-/m1/s1. The SMILES string of the molecule is O=C1CCC(N2Cc3cc(O[C@@H]4CCCC[C@H]4N4CC(c5cccc(O)c5)C4)ccc3C2=O)C(=O)N1. The minimum Gasteiger partial charge on any atom is -0.508 e. The van der Waals surface area contributed by atoms with Gasteiger partial charge in [-0.1, -0.05) is 18.6 Å². The summed E-state index contributed by atoms with van der Waals surface area (Å²) in [5.41, 5.74) is 2.65. The second kappa shape index (κ2) is 9.24. The monoisotopic (exact) mass is 489 g/mol. The molecule has 0 radical (unpaired) electrons. The zero-order chi connectivity index (χ0) is 24.8. The molecule has 1 aliphatic carbocycles. The molecule has 0 aromatic heterocycles. The Bertz CT molecular complexity index is 1210. The molecule has 3 amide bonds. The number of rotatable bonds is 5. The molecule has 2 aromatic rings. The Morgan fingerprint density at radius 1 is 0.972 bits per heavy atom. The molecule has 2 aromatic carbocycles. The number of nitrogens with one attached hydrogen (secondary N) is 1. The van der Waals surface area contributed by atoms with Gasteiger partial charge < -0.3 is 14.7 Å².